The molecule has 2 aliphatic heterocycles. The van der Waals surface area contributed by atoms with Crippen molar-refractivity contribution >= 4 is 14.1 Å². The van der Waals surface area contributed by atoms with Crippen molar-refractivity contribution in [1.29, 1.82) is 0 Å². The van der Waals surface area contributed by atoms with Gasteiger partial charge in [-0.15, -0.1) is 0 Å². The Morgan fingerprint density at radius 1 is 1.13 bits per heavy atom. The fraction of sp³-hybridized carbons (Fsp3) is 0.708. The standard InChI is InChI=1S/C24H38O6Si/c1-23(2,3)31(6,7)27-16-18(13-14-26-15-17-11-9-8-10-12-17)20-19(25)21-22(28-20)30-24(4,5)29-21/h8-12,18,20-22H,13-16H2,1-7H3/t18-,20-,21+,22+/m0/s1. The summed E-state index contributed by atoms with van der Waals surface area (Å²) in [5.41, 5.74) is 1.13. The minimum Gasteiger partial charge on any atom is -0.416 e. The van der Waals surface area contributed by atoms with Gasteiger partial charge in [0.1, 0.15) is 6.10 Å². The number of carbonyl (C=O) groups is 1. The molecular weight excluding hydrogens is 412 g/mol. The Kier molecular flexibility index (Phi) is 7.45. The normalized spacial score (nSPS) is 26.8. The molecule has 0 N–H and O–H groups in total. The van der Waals surface area contributed by atoms with Crippen LogP contribution < -0.4 is 0 Å². The average Bonchev–Trinajstić information content (AvgIpc) is 3.13. The van der Waals surface area contributed by atoms with E-state index >= 15 is 0 Å². The van der Waals surface area contributed by atoms with Crippen LogP contribution in [0.1, 0.15) is 46.6 Å². The fourth-order valence-electron chi connectivity index (χ4n) is 3.59. The van der Waals surface area contributed by atoms with Crippen LogP contribution in [0.3, 0.4) is 0 Å². The zero-order chi connectivity index (χ0) is 22.9. The summed E-state index contributed by atoms with van der Waals surface area (Å²) in [4.78, 5) is 13.1. The first-order chi connectivity index (χ1) is 14.4. The Hall–Kier alpha value is -1.09. The quantitative estimate of drug-likeness (QED) is 0.402. The maximum absolute atomic E-state index is 13.1. The molecule has 31 heavy (non-hydrogen) atoms. The van der Waals surface area contributed by atoms with Crippen LogP contribution in [0.2, 0.25) is 18.1 Å². The molecular formula is C24H38O6Si. The van der Waals surface area contributed by atoms with E-state index in [2.05, 4.69) is 33.9 Å². The molecule has 7 heteroatoms. The average molecular weight is 451 g/mol. The van der Waals surface area contributed by atoms with Gasteiger partial charge in [0.25, 0.3) is 0 Å². The van der Waals surface area contributed by atoms with Crippen LogP contribution in [0.4, 0.5) is 0 Å². The highest BCUT2D eigenvalue weighted by atomic mass is 28.4. The van der Waals surface area contributed by atoms with Crippen molar-refractivity contribution in [3.63, 3.8) is 0 Å². The maximum atomic E-state index is 13.1. The van der Waals surface area contributed by atoms with Gasteiger partial charge < -0.3 is 23.4 Å². The lowest BCUT2D eigenvalue weighted by atomic mass is 9.96. The lowest BCUT2D eigenvalue weighted by molar-refractivity contribution is -0.210. The first-order valence-electron chi connectivity index (χ1n) is 11.2. The molecule has 2 aliphatic rings. The topological polar surface area (TPSA) is 63.2 Å². The Morgan fingerprint density at radius 3 is 2.42 bits per heavy atom. The van der Waals surface area contributed by atoms with Gasteiger partial charge in [-0.3, -0.25) is 4.79 Å². The summed E-state index contributed by atoms with van der Waals surface area (Å²) in [5, 5.41) is 0.0919. The number of ether oxygens (including phenoxy) is 4. The molecule has 0 spiro atoms. The molecule has 0 aromatic heterocycles. The van der Waals surface area contributed by atoms with Crippen molar-refractivity contribution in [2.45, 2.75) is 90.1 Å². The van der Waals surface area contributed by atoms with Crippen LogP contribution in [0, 0.1) is 5.92 Å². The number of fused-ring (bicyclic) bond motifs is 1. The fourth-order valence-corrected chi connectivity index (χ4v) is 4.66. The molecule has 4 atom stereocenters. The molecule has 6 nitrogen and oxygen atoms in total. The van der Waals surface area contributed by atoms with Crippen molar-refractivity contribution in [2.24, 2.45) is 5.92 Å². The van der Waals surface area contributed by atoms with Gasteiger partial charge in [-0.2, -0.15) is 0 Å². The minimum atomic E-state index is -1.96. The van der Waals surface area contributed by atoms with Crippen LogP contribution >= 0.6 is 0 Å². The zero-order valence-electron chi connectivity index (χ0n) is 20.0. The molecule has 0 aliphatic carbocycles. The third-order valence-electron chi connectivity index (χ3n) is 6.54. The third kappa shape index (κ3) is 6.03. The number of hydrogen-bond donors (Lipinski definition) is 0. The van der Waals surface area contributed by atoms with E-state index in [1.807, 2.05) is 30.3 Å². The van der Waals surface area contributed by atoms with E-state index in [0.717, 1.165) is 5.56 Å². The predicted octanol–water partition coefficient (Wildman–Crippen LogP) is 4.68. The van der Waals surface area contributed by atoms with Crippen LogP contribution in [0.15, 0.2) is 30.3 Å². The summed E-state index contributed by atoms with van der Waals surface area (Å²) < 4.78 is 30.0. The van der Waals surface area contributed by atoms with Crippen LogP contribution in [0.25, 0.3) is 0 Å². The van der Waals surface area contributed by atoms with Gasteiger partial charge in [0.05, 0.1) is 6.61 Å². The lowest BCUT2D eigenvalue weighted by Gasteiger charge is -2.38. The summed E-state index contributed by atoms with van der Waals surface area (Å²) in [7, 11) is -1.96. The summed E-state index contributed by atoms with van der Waals surface area (Å²) in [6.07, 6.45) is -1.24. The Labute approximate surface area is 187 Å². The first-order valence-corrected chi connectivity index (χ1v) is 14.1. The molecule has 3 rings (SSSR count). The first kappa shape index (κ1) is 24.5. The summed E-state index contributed by atoms with van der Waals surface area (Å²) in [5.74, 6) is -0.970. The van der Waals surface area contributed by atoms with Gasteiger partial charge in [-0.05, 0) is 44.0 Å². The second kappa shape index (κ2) is 9.41. The molecule has 0 radical (unpaired) electrons. The van der Waals surface area contributed by atoms with E-state index in [-0.39, 0.29) is 16.7 Å². The number of hydrogen-bond acceptors (Lipinski definition) is 6. The number of benzene rings is 1. The lowest BCUT2D eigenvalue weighted by Crippen LogP contribution is -2.44. The van der Waals surface area contributed by atoms with Gasteiger partial charge in [-0.25, -0.2) is 0 Å². The molecule has 2 fully saturated rings. The largest absolute Gasteiger partial charge is 0.416 e. The highest BCUT2D eigenvalue weighted by Crippen LogP contribution is 2.40. The molecule has 0 saturated carbocycles. The SMILES string of the molecule is CC1(C)O[C@H]2O[C@@H]([C@@H](CCOCc3ccccc3)CO[Si](C)(C)C(C)(C)C)C(=O)[C@H]2O1. The van der Waals surface area contributed by atoms with E-state index in [1.165, 1.54) is 0 Å². The second-order valence-electron chi connectivity index (χ2n) is 10.5. The second-order valence-corrected chi connectivity index (χ2v) is 15.4. The molecule has 1 aromatic carbocycles. The van der Waals surface area contributed by atoms with Gasteiger partial charge in [0.15, 0.2) is 32.3 Å². The van der Waals surface area contributed by atoms with Crippen molar-refractivity contribution < 1.29 is 28.2 Å². The molecule has 174 valence electrons. The number of rotatable bonds is 9. The Balaban J connectivity index is 1.62. The van der Waals surface area contributed by atoms with Crippen molar-refractivity contribution in [2.75, 3.05) is 13.2 Å². The van der Waals surface area contributed by atoms with Crippen LogP contribution in [-0.4, -0.2) is 51.6 Å². The number of carbonyl (C=O) groups excluding carboxylic acids is 1. The van der Waals surface area contributed by atoms with Crippen molar-refractivity contribution in [1.82, 2.24) is 0 Å². The molecule has 1 aromatic rings. The minimum absolute atomic E-state index is 0.0533. The third-order valence-corrected chi connectivity index (χ3v) is 11.0. The highest BCUT2D eigenvalue weighted by molar-refractivity contribution is 6.74. The Bertz CT molecular complexity index is 742. The predicted molar refractivity (Wildman–Crippen MR) is 121 cm³/mol. The summed E-state index contributed by atoms with van der Waals surface area (Å²) in [6.45, 7) is 16.2. The molecule has 0 bridgehead atoms. The highest BCUT2D eigenvalue weighted by Gasteiger charge is 2.56. The smallest absolute Gasteiger partial charge is 0.196 e. The summed E-state index contributed by atoms with van der Waals surface area (Å²) >= 11 is 0. The van der Waals surface area contributed by atoms with E-state index in [4.69, 9.17) is 23.4 Å². The Morgan fingerprint density at radius 2 is 1.81 bits per heavy atom. The number of ketones is 1. The maximum Gasteiger partial charge on any atom is 0.196 e. The molecule has 2 saturated heterocycles. The molecule has 0 amide bonds. The van der Waals surface area contributed by atoms with E-state index in [0.29, 0.717) is 26.2 Å². The number of Topliss-reactive ketones (excluding diaryl/α,β-unsaturated/α-hetero) is 1. The van der Waals surface area contributed by atoms with Gasteiger partial charge >= 0.3 is 0 Å². The monoisotopic (exact) mass is 450 g/mol. The van der Waals surface area contributed by atoms with Crippen molar-refractivity contribution in [3.05, 3.63) is 35.9 Å². The summed E-state index contributed by atoms with van der Waals surface area (Å²) in [6, 6.07) is 10.1. The molecule has 0 unspecified atom stereocenters. The van der Waals surface area contributed by atoms with E-state index in [1.54, 1.807) is 13.8 Å². The van der Waals surface area contributed by atoms with Crippen LogP contribution in [0.5, 0.6) is 0 Å². The molecule has 2 heterocycles. The van der Waals surface area contributed by atoms with Crippen molar-refractivity contribution in [3.8, 4) is 0 Å². The van der Waals surface area contributed by atoms with E-state index < -0.39 is 32.6 Å². The van der Waals surface area contributed by atoms with Gasteiger partial charge in [0, 0.05) is 19.1 Å². The zero-order valence-corrected chi connectivity index (χ0v) is 21.0. The van der Waals surface area contributed by atoms with Crippen LogP contribution in [-0.2, 0) is 34.8 Å². The van der Waals surface area contributed by atoms with Gasteiger partial charge in [-0.1, -0.05) is 51.1 Å². The van der Waals surface area contributed by atoms with Gasteiger partial charge in [0.2, 0.25) is 0 Å². The van der Waals surface area contributed by atoms with E-state index in [9.17, 15) is 4.79 Å².